The van der Waals surface area contributed by atoms with E-state index < -0.39 is 22.1 Å². The van der Waals surface area contributed by atoms with Gasteiger partial charge in [0.25, 0.3) is 0 Å². The predicted molar refractivity (Wildman–Crippen MR) is 67.2 cm³/mol. The highest BCUT2D eigenvalue weighted by Gasteiger charge is 2.22. The first-order valence-corrected chi connectivity index (χ1v) is 7.50. The molecule has 0 fully saturated rings. The number of carbonyl (C=O) groups excluding carboxylic acids is 1. The van der Waals surface area contributed by atoms with Crippen LogP contribution in [0.2, 0.25) is 0 Å². The van der Waals surface area contributed by atoms with Gasteiger partial charge in [-0.15, -0.1) is 11.3 Å². The summed E-state index contributed by atoms with van der Waals surface area (Å²) in [5.74, 6) is -0.580. The Balaban J connectivity index is 2.92. The van der Waals surface area contributed by atoms with Gasteiger partial charge in [0.15, 0.2) is 0 Å². The maximum Gasteiger partial charge on any atom is 0.339 e. The van der Waals surface area contributed by atoms with Crippen LogP contribution in [-0.4, -0.2) is 34.2 Å². The lowest BCUT2D eigenvalue weighted by atomic mass is 10.2. The van der Waals surface area contributed by atoms with E-state index >= 15 is 0 Å². The molecule has 0 bridgehead atoms. The van der Waals surface area contributed by atoms with Crippen molar-refractivity contribution in [3.8, 4) is 0 Å². The van der Waals surface area contributed by atoms with Crippen LogP contribution >= 0.6 is 11.3 Å². The molecule has 102 valence electrons. The molecule has 0 aromatic carbocycles. The molecule has 1 aromatic heterocycles. The Bertz CT molecular complexity index is 534. The monoisotopic (exact) mass is 293 g/mol. The second-order valence-corrected chi connectivity index (χ2v) is 6.41. The third kappa shape index (κ3) is 3.52. The summed E-state index contributed by atoms with van der Waals surface area (Å²) in [5, 5.41) is 6.46. The zero-order chi connectivity index (χ0) is 13.9. The fraction of sp³-hybridized carbons (Fsp3) is 0.500. The highest BCUT2D eigenvalue weighted by molar-refractivity contribution is 7.91. The number of primary sulfonamides is 1. The van der Waals surface area contributed by atoms with Crippen LogP contribution in [0, 0.1) is 6.92 Å². The van der Waals surface area contributed by atoms with Gasteiger partial charge in [-0.3, -0.25) is 0 Å². The summed E-state index contributed by atoms with van der Waals surface area (Å²) in [6.07, 6.45) is -0.403. The second-order valence-electron chi connectivity index (χ2n) is 3.78. The molecular weight excluding hydrogens is 278 g/mol. The molecule has 8 heteroatoms. The molecule has 1 rings (SSSR count). The van der Waals surface area contributed by atoms with Crippen molar-refractivity contribution in [1.29, 1.82) is 0 Å². The summed E-state index contributed by atoms with van der Waals surface area (Å²) in [5.41, 5.74) is 0.532. The number of thiophene rings is 1. The Hall–Kier alpha value is -0.960. The van der Waals surface area contributed by atoms with Gasteiger partial charge in [0.05, 0.1) is 12.2 Å². The molecule has 1 atom stereocenters. The molecule has 0 saturated heterocycles. The number of methoxy groups -OCH3 is 1. The maximum atomic E-state index is 11.8. The first kappa shape index (κ1) is 15.1. The number of rotatable bonds is 5. The van der Waals surface area contributed by atoms with Crippen LogP contribution in [0.3, 0.4) is 0 Å². The molecule has 0 aliphatic rings. The fourth-order valence-corrected chi connectivity index (χ4v) is 3.40. The van der Waals surface area contributed by atoms with E-state index in [1.54, 1.807) is 6.92 Å². The Morgan fingerprint density at radius 1 is 1.56 bits per heavy atom. The van der Waals surface area contributed by atoms with E-state index in [4.69, 9.17) is 14.6 Å². The third-order valence-electron chi connectivity index (χ3n) is 2.18. The molecule has 0 saturated carbocycles. The lowest BCUT2D eigenvalue weighted by molar-refractivity contribution is 0.0120. The summed E-state index contributed by atoms with van der Waals surface area (Å²) < 4.78 is 32.4. The van der Waals surface area contributed by atoms with Gasteiger partial charge in [-0.1, -0.05) is 0 Å². The number of esters is 1. The first-order chi connectivity index (χ1) is 8.27. The van der Waals surface area contributed by atoms with E-state index in [1.165, 1.54) is 19.4 Å². The molecule has 1 aromatic rings. The zero-order valence-electron chi connectivity index (χ0n) is 10.3. The number of sulfonamides is 1. The molecular formula is C10H15NO5S2. The van der Waals surface area contributed by atoms with Crippen molar-refractivity contribution in [3.05, 3.63) is 16.5 Å². The number of nitrogens with two attached hydrogens (primary N) is 1. The van der Waals surface area contributed by atoms with Gasteiger partial charge >= 0.3 is 5.97 Å². The summed E-state index contributed by atoms with van der Waals surface area (Å²) >= 11 is 0.907. The van der Waals surface area contributed by atoms with Gasteiger partial charge in [0.1, 0.15) is 10.3 Å². The van der Waals surface area contributed by atoms with Crippen LogP contribution in [0.25, 0.3) is 0 Å². The van der Waals surface area contributed by atoms with E-state index in [1.807, 2.05) is 0 Å². The van der Waals surface area contributed by atoms with Crippen molar-refractivity contribution in [2.45, 2.75) is 24.2 Å². The molecule has 0 amide bonds. The molecule has 18 heavy (non-hydrogen) atoms. The van der Waals surface area contributed by atoms with Crippen LogP contribution in [-0.2, 0) is 19.5 Å². The Morgan fingerprint density at radius 3 is 2.61 bits per heavy atom. The number of ether oxygens (including phenoxy) is 2. The summed E-state index contributed by atoms with van der Waals surface area (Å²) in [4.78, 5) is 11.8. The van der Waals surface area contributed by atoms with Crippen molar-refractivity contribution >= 4 is 27.3 Å². The molecule has 0 aliphatic heterocycles. The fourth-order valence-electron chi connectivity index (χ4n) is 1.40. The van der Waals surface area contributed by atoms with Crippen molar-refractivity contribution < 1.29 is 22.7 Å². The number of hydrogen-bond acceptors (Lipinski definition) is 6. The first-order valence-electron chi connectivity index (χ1n) is 5.08. The molecule has 0 aliphatic carbocycles. The predicted octanol–water partition coefficient (Wildman–Crippen LogP) is 0.896. The molecule has 0 spiro atoms. The van der Waals surface area contributed by atoms with E-state index in [0.29, 0.717) is 5.56 Å². The Morgan fingerprint density at radius 2 is 2.17 bits per heavy atom. The lowest BCUT2D eigenvalue weighted by Crippen LogP contribution is -2.20. The Labute approximate surface area is 110 Å². The van der Waals surface area contributed by atoms with Crippen LogP contribution < -0.4 is 5.14 Å². The van der Waals surface area contributed by atoms with E-state index in [0.717, 1.165) is 11.3 Å². The third-order valence-corrected chi connectivity index (χ3v) is 4.86. The minimum absolute atomic E-state index is 0.0196. The van der Waals surface area contributed by atoms with Crippen molar-refractivity contribution in [2.75, 3.05) is 13.7 Å². The Kier molecular flexibility index (Phi) is 4.85. The highest BCUT2D eigenvalue weighted by Crippen LogP contribution is 2.26. The van der Waals surface area contributed by atoms with Crippen LogP contribution in [0.1, 0.15) is 22.8 Å². The van der Waals surface area contributed by atoms with Gasteiger partial charge in [-0.05, 0) is 19.4 Å². The molecule has 0 radical (unpaired) electrons. The number of carbonyl (C=O) groups is 1. The van der Waals surface area contributed by atoms with Crippen LogP contribution in [0.15, 0.2) is 9.59 Å². The van der Waals surface area contributed by atoms with Crippen LogP contribution in [0.4, 0.5) is 0 Å². The zero-order valence-corrected chi connectivity index (χ0v) is 11.9. The largest absolute Gasteiger partial charge is 0.457 e. The SMILES string of the molecule is COCC(C)OC(=O)c1csc(S(N)(=O)=O)c1C. The summed E-state index contributed by atoms with van der Waals surface area (Å²) in [7, 11) is -2.30. The van der Waals surface area contributed by atoms with Crippen molar-refractivity contribution in [3.63, 3.8) is 0 Å². The molecule has 2 N–H and O–H groups in total. The summed E-state index contributed by atoms with van der Waals surface area (Å²) in [6, 6.07) is 0. The van der Waals surface area contributed by atoms with E-state index in [-0.39, 0.29) is 16.4 Å². The normalized spacial score (nSPS) is 13.3. The second kappa shape index (κ2) is 5.79. The van der Waals surface area contributed by atoms with Crippen LogP contribution in [0.5, 0.6) is 0 Å². The lowest BCUT2D eigenvalue weighted by Gasteiger charge is -2.11. The van der Waals surface area contributed by atoms with E-state index in [2.05, 4.69) is 0 Å². The van der Waals surface area contributed by atoms with Gasteiger partial charge < -0.3 is 9.47 Å². The van der Waals surface area contributed by atoms with Gasteiger partial charge in [0, 0.05) is 12.5 Å². The smallest absolute Gasteiger partial charge is 0.339 e. The maximum absolute atomic E-state index is 11.8. The minimum Gasteiger partial charge on any atom is -0.457 e. The van der Waals surface area contributed by atoms with Crippen molar-refractivity contribution in [2.24, 2.45) is 5.14 Å². The van der Waals surface area contributed by atoms with Gasteiger partial charge in [-0.2, -0.15) is 0 Å². The van der Waals surface area contributed by atoms with Crippen molar-refractivity contribution in [1.82, 2.24) is 0 Å². The van der Waals surface area contributed by atoms with Gasteiger partial charge in [0.2, 0.25) is 10.0 Å². The molecule has 1 unspecified atom stereocenters. The molecule has 1 heterocycles. The summed E-state index contributed by atoms with van der Waals surface area (Å²) in [6.45, 7) is 3.48. The van der Waals surface area contributed by atoms with Gasteiger partial charge in [-0.25, -0.2) is 18.4 Å². The molecule has 6 nitrogen and oxygen atoms in total. The highest BCUT2D eigenvalue weighted by atomic mass is 32.2. The van der Waals surface area contributed by atoms with E-state index in [9.17, 15) is 13.2 Å². The average molecular weight is 293 g/mol. The standard InChI is InChI=1S/C10H15NO5S2/c1-6(4-15-3)16-9(12)8-5-17-10(7(8)2)18(11,13)14/h5-6H,4H2,1-3H3,(H2,11,13,14). The average Bonchev–Trinajstić information content (AvgIpc) is 2.59. The minimum atomic E-state index is -3.80. The quantitative estimate of drug-likeness (QED) is 0.814. The topological polar surface area (TPSA) is 95.7 Å². The number of hydrogen-bond donors (Lipinski definition) is 1.